The minimum Gasteiger partial charge on any atom is -0.400 e. The molecule has 0 bridgehead atoms. The average molecular weight is 322 g/mol. The summed E-state index contributed by atoms with van der Waals surface area (Å²) in [5.74, 6) is -2.46. The van der Waals surface area contributed by atoms with E-state index >= 15 is 0 Å². The molecule has 0 atom stereocenters. The smallest absolute Gasteiger partial charge is 0.274 e. The number of aliphatic hydroxyl groups is 4. The predicted molar refractivity (Wildman–Crippen MR) is 94.9 cm³/mol. The van der Waals surface area contributed by atoms with E-state index in [4.69, 9.17) is 20.4 Å². The van der Waals surface area contributed by atoms with E-state index in [0.29, 0.717) is 0 Å². The molecule has 0 amide bonds. The van der Waals surface area contributed by atoms with Crippen LogP contribution in [0.1, 0.15) is 30.0 Å². The summed E-state index contributed by atoms with van der Waals surface area (Å²) in [6, 6.07) is 18.6. The number of hydrogen-bond acceptors (Lipinski definition) is 4. The van der Waals surface area contributed by atoms with Crippen molar-refractivity contribution >= 4 is 0 Å². The second-order valence-electron chi connectivity index (χ2n) is 4.87. The van der Waals surface area contributed by atoms with Gasteiger partial charge in [0, 0.05) is 13.5 Å². The number of hydrogen-bond donors (Lipinski definition) is 4. The zero-order valence-corrected chi connectivity index (χ0v) is 14.7. The van der Waals surface area contributed by atoms with Gasteiger partial charge in [0.15, 0.2) is 0 Å². The number of benzene rings is 2. The molecule has 4 nitrogen and oxygen atoms in total. The Bertz CT molecular complexity index is 469. The SMILES string of the molecule is CCC(O)(O)O.CO.Cc1ccccc1.Cc1ccccc1C. The molecule has 4 heteroatoms. The molecule has 23 heavy (non-hydrogen) atoms. The number of rotatable bonds is 1. The van der Waals surface area contributed by atoms with Gasteiger partial charge in [-0.3, -0.25) is 0 Å². The van der Waals surface area contributed by atoms with Gasteiger partial charge in [-0.15, -0.1) is 0 Å². The molecule has 2 aromatic rings. The van der Waals surface area contributed by atoms with Crippen molar-refractivity contribution in [3.63, 3.8) is 0 Å². The molecule has 0 radical (unpaired) electrons. The van der Waals surface area contributed by atoms with Gasteiger partial charge in [0.2, 0.25) is 0 Å². The second-order valence-corrected chi connectivity index (χ2v) is 4.87. The summed E-state index contributed by atoms with van der Waals surface area (Å²) in [4.78, 5) is 0. The largest absolute Gasteiger partial charge is 0.400 e. The van der Waals surface area contributed by atoms with Gasteiger partial charge in [-0.2, -0.15) is 0 Å². The number of aryl methyl sites for hydroxylation is 3. The third-order valence-corrected chi connectivity index (χ3v) is 2.84. The van der Waals surface area contributed by atoms with Gasteiger partial charge in [-0.1, -0.05) is 67.1 Å². The van der Waals surface area contributed by atoms with Crippen LogP contribution in [0.4, 0.5) is 0 Å². The highest BCUT2D eigenvalue weighted by Gasteiger charge is 2.11. The Balaban J connectivity index is 0. The summed E-state index contributed by atoms with van der Waals surface area (Å²) in [6.07, 6.45) is -0.0625. The van der Waals surface area contributed by atoms with Crippen LogP contribution in [0, 0.1) is 20.8 Å². The molecular weight excluding hydrogens is 292 g/mol. The van der Waals surface area contributed by atoms with Crippen molar-refractivity contribution in [2.24, 2.45) is 0 Å². The van der Waals surface area contributed by atoms with Crippen molar-refractivity contribution in [3.8, 4) is 0 Å². The Morgan fingerprint density at radius 2 is 1.00 bits per heavy atom. The Morgan fingerprint density at radius 3 is 1.17 bits per heavy atom. The van der Waals surface area contributed by atoms with E-state index in [0.717, 1.165) is 7.11 Å². The van der Waals surface area contributed by atoms with E-state index in [-0.39, 0.29) is 6.42 Å². The topological polar surface area (TPSA) is 80.9 Å². The third-order valence-electron chi connectivity index (χ3n) is 2.84. The lowest BCUT2D eigenvalue weighted by atomic mass is 10.1. The lowest BCUT2D eigenvalue weighted by Gasteiger charge is -2.08. The normalized spacial score (nSPS) is 9.26. The van der Waals surface area contributed by atoms with Crippen molar-refractivity contribution < 1.29 is 20.4 Å². The molecule has 4 N–H and O–H groups in total. The minimum atomic E-state index is -2.46. The van der Waals surface area contributed by atoms with Gasteiger partial charge in [-0.25, -0.2) is 0 Å². The second kappa shape index (κ2) is 13.9. The maximum atomic E-state index is 7.94. The first kappa shape index (κ1) is 23.5. The molecule has 0 spiro atoms. The first-order chi connectivity index (χ1) is 10.8. The molecule has 2 aromatic carbocycles. The van der Waals surface area contributed by atoms with Crippen molar-refractivity contribution in [3.05, 3.63) is 71.3 Å². The third kappa shape index (κ3) is 16.5. The van der Waals surface area contributed by atoms with Crippen LogP contribution in [-0.2, 0) is 0 Å². The molecule has 0 saturated carbocycles. The molecule has 0 aliphatic heterocycles. The average Bonchev–Trinajstić information content (AvgIpc) is 2.53. The maximum Gasteiger partial charge on any atom is 0.274 e. The van der Waals surface area contributed by atoms with Crippen LogP contribution in [0.25, 0.3) is 0 Å². The van der Waals surface area contributed by atoms with Crippen LogP contribution in [0.3, 0.4) is 0 Å². The summed E-state index contributed by atoms with van der Waals surface area (Å²) >= 11 is 0. The molecule has 0 aliphatic carbocycles. The van der Waals surface area contributed by atoms with Crippen LogP contribution in [0.15, 0.2) is 54.6 Å². The molecular formula is C19H30O4. The van der Waals surface area contributed by atoms with Crippen molar-refractivity contribution in [2.75, 3.05) is 7.11 Å². The quantitative estimate of drug-likeness (QED) is 0.609. The summed E-state index contributed by atoms with van der Waals surface area (Å²) in [7, 11) is 1.00. The lowest BCUT2D eigenvalue weighted by molar-refractivity contribution is -0.312. The fraction of sp³-hybridized carbons (Fsp3) is 0.368. The van der Waals surface area contributed by atoms with E-state index < -0.39 is 5.97 Å². The zero-order valence-electron chi connectivity index (χ0n) is 14.7. The highest BCUT2D eigenvalue weighted by Crippen LogP contribution is 2.02. The zero-order chi connectivity index (χ0) is 18.3. The Hall–Kier alpha value is -1.72. The number of aliphatic hydroxyl groups excluding tert-OH is 1. The van der Waals surface area contributed by atoms with E-state index in [2.05, 4.69) is 57.2 Å². The van der Waals surface area contributed by atoms with Crippen molar-refractivity contribution in [1.29, 1.82) is 0 Å². The summed E-state index contributed by atoms with van der Waals surface area (Å²) in [5, 5.41) is 30.8. The molecule has 2 rings (SSSR count). The molecule has 0 fully saturated rings. The van der Waals surface area contributed by atoms with E-state index in [9.17, 15) is 0 Å². The van der Waals surface area contributed by atoms with Gasteiger partial charge in [-0.05, 0) is 31.9 Å². The standard InChI is InChI=1S/C8H10.C7H8.C3H8O3.CH4O/c1-7-5-3-4-6-8(7)2;1-7-5-3-2-4-6-7;1-2-3(4,5)6;1-2/h3-6H,1-2H3;2-6H,1H3;4-6H,2H2,1H3;2H,1H3. The lowest BCUT2D eigenvalue weighted by Crippen LogP contribution is -2.24. The Kier molecular flexibility index (Phi) is 14.2. The van der Waals surface area contributed by atoms with Crippen LogP contribution in [0.5, 0.6) is 0 Å². The highest BCUT2D eigenvalue weighted by molar-refractivity contribution is 5.23. The summed E-state index contributed by atoms with van der Waals surface area (Å²) in [6.45, 7) is 7.78. The molecule has 130 valence electrons. The van der Waals surface area contributed by atoms with E-state index in [1.54, 1.807) is 0 Å². The first-order valence-electron chi connectivity index (χ1n) is 7.42. The molecule has 0 aromatic heterocycles. The first-order valence-corrected chi connectivity index (χ1v) is 7.42. The molecule has 0 unspecified atom stereocenters. The summed E-state index contributed by atoms with van der Waals surface area (Å²) in [5.41, 5.74) is 4.06. The maximum absolute atomic E-state index is 7.94. The Labute approximate surface area is 139 Å². The van der Waals surface area contributed by atoms with Crippen molar-refractivity contribution in [2.45, 2.75) is 40.1 Å². The fourth-order valence-electron chi connectivity index (χ4n) is 1.20. The van der Waals surface area contributed by atoms with Gasteiger partial charge < -0.3 is 20.4 Å². The van der Waals surface area contributed by atoms with Crippen LogP contribution >= 0.6 is 0 Å². The minimum absolute atomic E-state index is 0.0625. The monoisotopic (exact) mass is 322 g/mol. The van der Waals surface area contributed by atoms with Crippen LogP contribution in [0.2, 0.25) is 0 Å². The van der Waals surface area contributed by atoms with E-state index in [1.165, 1.54) is 23.6 Å². The van der Waals surface area contributed by atoms with Crippen LogP contribution < -0.4 is 0 Å². The highest BCUT2D eigenvalue weighted by atomic mass is 16.7. The molecule has 0 aliphatic rings. The summed E-state index contributed by atoms with van der Waals surface area (Å²) < 4.78 is 0. The Morgan fingerprint density at radius 1 is 0.696 bits per heavy atom. The molecule has 0 heterocycles. The van der Waals surface area contributed by atoms with Gasteiger partial charge in [0.05, 0.1) is 0 Å². The van der Waals surface area contributed by atoms with Crippen molar-refractivity contribution in [1.82, 2.24) is 0 Å². The predicted octanol–water partition coefficient (Wildman–Crippen LogP) is 2.93. The van der Waals surface area contributed by atoms with Gasteiger partial charge in [0.25, 0.3) is 5.97 Å². The van der Waals surface area contributed by atoms with Gasteiger partial charge in [0.1, 0.15) is 0 Å². The fourth-order valence-corrected chi connectivity index (χ4v) is 1.20. The molecule has 0 saturated heterocycles. The van der Waals surface area contributed by atoms with E-state index in [1.807, 2.05) is 18.2 Å². The van der Waals surface area contributed by atoms with Gasteiger partial charge >= 0.3 is 0 Å². The van der Waals surface area contributed by atoms with Crippen LogP contribution in [-0.4, -0.2) is 33.5 Å².